The fourth-order valence-electron chi connectivity index (χ4n) is 1.58. The quantitative estimate of drug-likeness (QED) is 0.833. The molecular formula is C12H18F3N5O. The van der Waals surface area contributed by atoms with Gasteiger partial charge in [0.15, 0.2) is 0 Å². The highest BCUT2D eigenvalue weighted by molar-refractivity contribution is 5.80. The lowest BCUT2D eigenvalue weighted by Crippen LogP contribution is -2.35. The first kappa shape index (κ1) is 17.0. The summed E-state index contributed by atoms with van der Waals surface area (Å²) in [7, 11) is 1.49. The Morgan fingerprint density at radius 2 is 1.95 bits per heavy atom. The summed E-state index contributed by atoms with van der Waals surface area (Å²) in [5.74, 6) is -1.44. The number of alkyl halides is 3. The van der Waals surface area contributed by atoms with E-state index in [9.17, 15) is 18.0 Å². The average molecular weight is 305 g/mol. The van der Waals surface area contributed by atoms with E-state index in [0.717, 1.165) is 0 Å². The van der Waals surface area contributed by atoms with Gasteiger partial charge in [0, 0.05) is 26.2 Å². The van der Waals surface area contributed by atoms with Gasteiger partial charge in [0.2, 0.25) is 11.7 Å². The third-order valence-corrected chi connectivity index (χ3v) is 2.47. The van der Waals surface area contributed by atoms with Crippen molar-refractivity contribution < 1.29 is 18.0 Å². The molecule has 0 fully saturated rings. The number of nitrogens with one attached hydrogen (secondary N) is 2. The highest BCUT2D eigenvalue weighted by atomic mass is 19.4. The Kier molecular flexibility index (Phi) is 5.74. The standard InChI is InChI=1S/C12H18F3N5O/c1-4-16-8-6-9(19-11(18-8)12(13,14)15)20(3)7-10(21)17-5-2/h6H,4-5,7H2,1-3H3,(H,17,21)(H,16,18,19). The first-order valence-corrected chi connectivity index (χ1v) is 6.45. The number of hydrogen-bond acceptors (Lipinski definition) is 5. The van der Waals surface area contributed by atoms with Gasteiger partial charge in [-0.2, -0.15) is 13.2 Å². The summed E-state index contributed by atoms with van der Waals surface area (Å²) in [6.45, 7) is 4.29. The van der Waals surface area contributed by atoms with Crippen molar-refractivity contribution in [2.24, 2.45) is 0 Å². The molecule has 21 heavy (non-hydrogen) atoms. The summed E-state index contributed by atoms with van der Waals surface area (Å²) in [5, 5.41) is 5.28. The Balaban J connectivity index is 3.04. The molecule has 0 unspecified atom stereocenters. The van der Waals surface area contributed by atoms with Crippen LogP contribution in [0.3, 0.4) is 0 Å². The lowest BCUT2D eigenvalue weighted by molar-refractivity contribution is -0.144. The number of rotatable bonds is 6. The first-order chi connectivity index (χ1) is 9.77. The second-order valence-corrected chi connectivity index (χ2v) is 4.27. The van der Waals surface area contributed by atoms with Crippen LogP contribution >= 0.6 is 0 Å². The molecule has 1 amide bonds. The molecule has 2 N–H and O–H groups in total. The zero-order chi connectivity index (χ0) is 16.0. The van der Waals surface area contributed by atoms with Crippen LogP contribution in [0.5, 0.6) is 0 Å². The average Bonchev–Trinajstić information content (AvgIpc) is 2.38. The Morgan fingerprint density at radius 3 is 2.48 bits per heavy atom. The fraction of sp³-hybridized carbons (Fsp3) is 0.583. The molecule has 1 aromatic rings. The molecule has 0 saturated heterocycles. The molecule has 1 rings (SSSR count). The lowest BCUT2D eigenvalue weighted by Gasteiger charge is -2.19. The molecule has 0 aliphatic carbocycles. The van der Waals surface area contributed by atoms with Crippen LogP contribution in [0.15, 0.2) is 6.07 Å². The summed E-state index contributed by atoms with van der Waals surface area (Å²) in [6.07, 6.45) is -4.65. The fourth-order valence-corrected chi connectivity index (χ4v) is 1.58. The van der Waals surface area contributed by atoms with Gasteiger partial charge in [0.1, 0.15) is 11.6 Å². The van der Waals surface area contributed by atoms with Crippen molar-refractivity contribution in [1.82, 2.24) is 15.3 Å². The zero-order valence-electron chi connectivity index (χ0n) is 12.1. The van der Waals surface area contributed by atoms with Crippen LogP contribution in [0.4, 0.5) is 24.8 Å². The molecule has 0 spiro atoms. The molecule has 1 aromatic heterocycles. The minimum atomic E-state index is -4.65. The number of aromatic nitrogens is 2. The molecule has 0 saturated carbocycles. The molecule has 118 valence electrons. The van der Waals surface area contributed by atoms with Crippen molar-refractivity contribution in [3.05, 3.63) is 11.9 Å². The molecular weight excluding hydrogens is 287 g/mol. The smallest absolute Gasteiger partial charge is 0.370 e. The number of likely N-dealkylation sites (N-methyl/N-ethyl adjacent to an activating group) is 2. The molecule has 0 radical (unpaired) electrons. The van der Waals surface area contributed by atoms with Crippen molar-refractivity contribution in [3.8, 4) is 0 Å². The molecule has 6 nitrogen and oxygen atoms in total. The van der Waals surface area contributed by atoms with Crippen molar-refractivity contribution >= 4 is 17.5 Å². The Morgan fingerprint density at radius 1 is 1.29 bits per heavy atom. The van der Waals surface area contributed by atoms with Gasteiger partial charge < -0.3 is 15.5 Å². The largest absolute Gasteiger partial charge is 0.451 e. The van der Waals surface area contributed by atoms with Crippen LogP contribution in [0.25, 0.3) is 0 Å². The van der Waals surface area contributed by atoms with Crippen molar-refractivity contribution in [2.75, 3.05) is 36.9 Å². The normalized spacial score (nSPS) is 11.1. The number of halogens is 3. The predicted molar refractivity (Wildman–Crippen MR) is 73.2 cm³/mol. The van der Waals surface area contributed by atoms with Gasteiger partial charge in [0.05, 0.1) is 6.54 Å². The Hall–Kier alpha value is -2.06. The maximum Gasteiger partial charge on any atom is 0.451 e. The van der Waals surface area contributed by atoms with Crippen LogP contribution in [-0.2, 0) is 11.0 Å². The summed E-state index contributed by atoms with van der Waals surface area (Å²) >= 11 is 0. The van der Waals surface area contributed by atoms with E-state index in [2.05, 4.69) is 20.6 Å². The number of amides is 1. The number of nitrogens with zero attached hydrogens (tertiary/aromatic N) is 3. The van der Waals surface area contributed by atoms with E-state index in [4.69, 9.17) is 0 Å². The number of carbonyl (C=O) groups excluding carboxylic acids is 1. The Bertz CT molecular complexity index is 492. The van der Waals surface area contributed by atoms with Gasteiger partial charge in [-0.1, -0.05) is 0 Å². The van der Waals surface area contributed by atoms with E-state index in [1.807, 2.05) is 0 Å². The van der Waals surface area contributed by atoms with E-state index < -0.39 is 12.0 Å². The number of hydrogen-bond donors (Lipinski definition) is 2. The van der Waals surface area contributed by atoms with Gasteiger partial charge >= 0.3 is 6.18 Å². The topological polar surface area (TPSA) is 70.2 Å². The van der Waals surface area contributed by atoms with Gasteiger partial charge in [-0.05, 0) is 13.8 Å². The van der Waals surface area contributed by atoms with Crippen LogP contribution in [0.1, 0.15) is 19.7 Å². The monoisotopic (exact) mass is 305 g/mol. The van der Waals surface area contributed by atoms with E-state index in [-0.39, 0.29) is 24.1 Å². The maximum absolute atomic E-state index is 12.8. The van der Waals surface area contributed by atoms with E-state index in [0.29, 0.717) is 13.1 Å². The van der Waals surface area contributed by atoms with Crippen LogP contribution in [0, 0.1) is 0 Å². The van der Waals surface area contributed by atoms with Crippen LogP contribution in [-0.4, -0.2) is 42.6 Å². The number of carbonyl (C=O) groups is 1. The Labute approximate surface area is 120 Å². The third kappa shape index (κ3) is 5.09. The van der Waals surface area contributed by atoms with Crippen molar-refractivity contribution in [2.45, 2.75) is 20.0 Å². The summed E-state index contributed by atoms with van der Waals surface area (Å²) in [4.78, 5) is 19.7. The molecule has 0 aliphatic heterocycles. The maximum atomic E-state index is 12.8. The molecule has 0 atom stereocenters. The minimum Gasteiger partial charge on any atom is -0.370 e. The molecule has 9 heteroatoms. The second kappa shape index (κ2) is 7.09. The van der Waals surface area contributed by atoms with Gasteiger partial charge in [-0.15, -0.1) is 0 Å². The zero-order valence-corrected chi connectivity index (χ0v) is 12.1. The first-order valence-electron chi connectivity index (χ1n) is 6.45. The van der Waals surface area contributed by atoms with E-state index >= 15 is 0 Å². The SMILES string of the molecule is CCNC(=O)CN(C)c1cc(NCC)nc(C(F)(F)F)n1. The summed E-state index contributed by atoms with van der Waals surface area (Å²) < 4.78 is 38.4. The highest BCUT2D eigenvalue weighted by Crippen LogP contribution is 2.28. The van der Waals surface area contributed by atoms with Gasteiger partial charge in [-0.3, -0.25) is 4.79 Å². The molecule has 0 bridgehead atoms. The number of anilines is 2. The van der Waals surface area contributed by atoms with Crippen molar-refractivity contribution in [1.29, 1.82) is 0 Å². The molecule has 0 aliphatic rings. The predicted octanol–water partition coefficient (Wildman–Crippen LogP) is 1.50. The molecule has 0 aromatic carbocycles. The van der Waals surface area contributed by atoms with E-state index in [1.54, 1.807) is 13.8 Å². The van der Waals surface area contributed by atoms with E-state index in [1.165, 1.54) is 18.0 Å². The van der Waals surface area contributed by atoms with Gasteiger partial charge in [0.25, 0.3) is 0 Å². The van der Waals surface area contributed by atoms with Crippen molar-refractivity contribution in [3.63, 3.8) is 0 Å². The summed E-state index contributed by atoms with van der Waals surface area (Å²) in [6, 6.07) is 1.37. The minimum absolute atomic E-state index is 0.0273. The third-order valence-electron chi connectivity index (χ3n) is 2.47. The highest BCUT2D eigenvalue weighted by Gasteiger charge is 2.35. The van der Waals surface area contributed by atoms with Gasteiger partial charge in [-0.25, -0.2) is 9.97 Å². The van der Waals surface area contributed by atoms with Crippen LogP contribution in [0.2, 0.25) is 0 Å². The lowest BCUT2D eigenvalue weighted by atomic mass is 10.4. The van der Waals surface area contributed by atoms with Crippen LogP contribution < -0.4 is 15.5 Å². The summed E-state index contributed by atoms with van der Waals surface area (Å²) in [5.41, 5.74) is 0. The molecule has 1 heterocycles. The second-order valence-electron chi connectivity index (χ2n) is 4.27.